The number of aryl methyl sites for hydroxylation is 1. The molecule has 1 aromatic carbocycles. The Labute approximate surface area is 220 Å². The number of halogens is 3. The Balaban J connectivity index is 1.86. The molecule has 1 aliphatic rings. The molecule has 12 heteroatoms. The number of aliphatic hydroxyl groups excluding tert-OH is 1. The zero-order chi connectivity index (χ0) is 28.5. The van der Waals surface area contributed by atoms with Crippen LogP contribution >= 0.6 is 0 Å². The van der Waals surface area contributed by atoms with Crippen molar-refractivity contribution in [2.24, 2.45) is 0 Å². The van der Waals surface area contributed by atoms with Crippen molar-refractivity contribution in [3.63, 3.8) is 0 Å². The number of alkyl halides is 3. The number of nitrogens with zero attached hydrogens (tertiary/aromatic N) is 1. The number of aliphatic hydroxyl groups is 1. The number of carbonyl (C=O) groups is 1. The van der Waals surface area contributed by atoms with Crippen LogP contribution in [0, 0.1) is 0 Å². The quantitative estimate of drug-likeness (QED) is 0.423. The van der Waals surface area contributed by atoms with Gasteiger partial charge in [0, 0.05) is 22.9 Å². The van der Waals surface area contributed by atoms with Crippen molar-refractivity contribution in [3.05, 3.63) is 70.6 Å². The first-order valence-electron chi connectivity index (χ1n) is 11.9. The molecule has 0 saturated carbocycles. The summed E-state index contributed by atoms with van der Waals surface area (Å²) in [6, 6.07) is 9.49. The predicted molar refractivity (Wildman–Crippen MR) is 136 cm³/mol. The molecule has 8 nitrogen and oxygen atoms in total. The number of benzene rings is 1. The minimum atomic E-state index is -4.56. The Morgan fingerprint density at radius 2 is 1.74 bits per heavy atom. The molecule has 208 valence electrons. The van der Waals surface area contributed by atoms with Gasteiger partial charge < -0.3 is 9.84 Å². The molecule has 1 aromatic heterocycles. The average molecular weight is 556 g/mol. The highest BCUT2D eigenvalue weighted by Crippen LogP contribution is 2.35. The number of sulfonamides is 1. The van der Waals surface area contributed by atoms with Crippen molar-refractivity contribution >= 4 is 21.7 Å². The van der Waals surface area contributed by atoms with E-state index in [9.17, 15) is 31.5 Å². The molecular weight excluding hydrogens is 523 g/mol. The monoisotopic (exact) mass is 555 g/mol. The molecule has 0 saturated heterocycles. The maximum Gasteiger partial charge on any atom is 0.433 e. The summed E-state index contributed by atoms with van der Waals surface area (Å²) < 4.78 is 70.3. The van der Waals surface area contributed by atoms with Crippen LogP contribution < -0.4 is 10.0 Å². The lowest BCUT2D eigenvalue weighted by molar-refractivity contribution is -0.141. The van der Waals surface area contributed by atoms with Crippen LogP contribution in [0.25, 0.3) is 5.76 Å². The van der Waals surface area contributed by atoms with Crippen LogP contribution in [0.1, 0.15) is 63.4 Å². The summed E-state index contributed by atoms with van der Waals surface area (Å²) in [6.07, 6.45) is -3.93. The summed E-state index contributed by atoms with van der Waals surface area (Å²) in [5.41, 5.74) is -0.0443. The molecule has 1 aliphatic carbocycles. The number of hydrogen-bond donors (Lipinski definition) is 3. The van der Waals surface area contributed by atoms with Crippen LogP contribution in [0.15, 0.2) is 48.2 Å². The second kappa shape index (κ2) is 10.7. The van der Waals surface area contributed by atoms with Gasteiger partial charge in [-0.2, -0.15) is 13.2 Å². The van der Waals surface area contributed by atoms with Crippen molar-refractivity contribution in [2.75, 3.05) is 0 Å². The highest BCUT2D eigenvalue weighted by Gasteiger charge is 2.38. The Kier molecular flexibility index (Phi) is 8.30. The zero-order valence-corrected chi connectivity index (χ0v) is 22.6. The second-order valence-corrected chi connectivity index (χ2v) is 13.0. The number of aromatic nitrogens is 1. The lowest BCUT2D eigenvalue weighted by Crippen LogP contribution is -2.59. The summed E-state index contributed by atoms with van der Waals surface area (Å²) in [5.74, 6) is -0.521. The smallest absolute Gasteiger partial charge is 0.433 e. The predicted octanol–water partition coefficient (Wildman–Crippen LogP) is 3.91. The largest absolute Gasteiger partial charge is 0.488 e. The van der Waals surface area contributed by atoms with Crippen molar-refractivity contribution in [1.29, 1.82) is 0 Å². The minimum Gasteiger partial charge on any atom is -0.488 e. The molecule has 0 spiro atoms. The third-order valence-corrected chi connectivity index (χ3v) is 8.21. The first-order valence-corrected chi connectivity index (χ1v) is 13.4. The van der Waals surface area contributed by atoms with E-state index in [2.05, 4.69) is 15.0 Å². The highest BCUT2D eigenvalue weighted by molar-refractivity contribution is 7.91. The van der Waals surface area contributed by atoms with E-state index in [-0.39, 0.29) is 6.61 Å². The van der Waals surface area contributed by atoms with Gasteiger partial charge in [-0.15, -0.1) is 0 Å². The summed E-state index contributed by atoms with van der Waals surface area (Å²) >= 11 is 0. The molecule has 0 fully saturated rings. The molecule has 1 atom stereocenters. The average Bonchev–Trinajstić information content (AvgIpc) is 2.80. The lowest BCUT2D eigenvalue weighted by atomic mass is 9.89. The van der Waals surface area contributed by atoms with E-state index in [1.54, 1.807) is 12.1 Å². The molecule has 3 N–H and O–H groups in total. The van der Waals surface area contributed by atoms with Crippen molar-refractivity contribution < 1.29 is 36.2 Å². The molecule has 2 aromatic rings. The molecule has 38 heavy (non-hydrogen) atoms. The van der Waals surface area contributed by atoms with Crippen LogP contribution in [0.4, 0.5) is 13.2 Å². The van der Waals surface area contributed by atoms with Gasteiger partial charge in [0.15, 0.2) is 0 Å². The van der Waals surface area contributed by atoms with Crippen molar-refractivity contribution in [2.45, 2.75) is 76.8 Å². The second-order valence-electron chi connectivity index (χ2n) is 10.6. The van der Waals surface area contributed by atoms with E-state index in [0.717, 1.165) is 17.8 Å². The number of fused-ring (bicyclic) bond motifs is 1. The van der Waals surface area contributed by atoms with Gasteiger partial charge in [-0.05, 0) is 59.1 Å². The Morgan fingerprint density at radius 1 is 1.08 bits per heavy atom. The molecule has 1 unspecified atom stereocenters. The van der Waals surface area contributed by atoms with Gasteiger partial charge >= 0.3 is 6.18 Å². The summed E-state index contributed by atoms with van der Waals surface area (Å²) in [6.45, 7) is 7.14. The van der Waals surface area contributed by atoms with E-state index in [1.807, 2.05) is 12.1 Å². The maximum atomic E-state index is 12.8. The van der Waals surface area contributed by atoms with E-state index < -0.39 is 44.3 Å². The number of rotatable bonds is 8. The first kappa shape index (κ1) is 29.6. The van der Waals surface area contributed by atoms with Gasteiger partial charge in [-0.25, -0.2) is 8.42 Å². The van der Waals surface area contributed by atoms with Crippen LogP contribution in [-0.4, -0.2) is 40.9 Å². The van der Waals surface area contributed by atoms with Gasteiger partial charge in [0.2, 0.25) is 10.0 Å². The number of ether oxygens (including phenoxy) is 1. The minimum absolute atomic E-state index is 0.112. The van der Waals surface area contributed by atoms with Gasteiger partial charge in [-0.1, -0.05) is 30.3 Å². The third-order valence-electron chi connectivity index (χ3n) is 6.14. The van der Waals surface area contributed by atoms with Gasteiger partial charge in [0.05, 0.1) is 10.3 Å². The van der Waals surface area contributed by atoms with Gasteiger partial charge in [0.1, 0.15) is 24.3 Å². The lowest BCUT2D eigenvalue weighted by Gasteiger charge is -2.33. The maximum absolute atomic E-state index is 12.8. The summed E-state index contributed by atoms with van der Waals surface area (Å²) in [4.78, 5) is 16.3. The SMILES string of the molecule is CC(C)(NC(O)C1=C(OCc2ccc(C(F)(F)F)nc2)c2ccccc2CC1)C(=O)NS(=O)(=O)C(C)(C)C. The van der Waals surface area contributed by atoms with E-state index in [4.69, 9.17) is 4.74 Å². The van der Waals surface area contributed by atoms with E-state index >= 15 is 0 Å². The fraction of sp³-hybridized carbons (Fsp3) is 0.462. The topological polar surface area (TPSA) is 118 Å². The molecule has 1 heterocycles. The van der Waals surface area contributed by atoms with Crippen molar-refractivity contribution in [3.8, 4) is 0 Å². The first-order chi connectivity index (χ1) is 17.4. The van der Waals surface area contributed by atoms with E-state index in [0.29, 0.717) is 35.3 Å². The Bertz CT molecular complexity index is 1310. The standard InChI is InChI=1S/C26H32F3N3O5S/c1-24(2,3)38(35,36)32-23(34)25(4,5)31-22(33)19-12-11-17-8-6-7-9-18(17)21(19)37-15-16-10-13-20(30-14-16)26(27,28)29/h6-10,13-14,22,31,33H,11-12,15H2,1-5H3,(H,32,34). The van der Waals surface area contributed by atoms with E-state index in [1.165, 1.54) is 40.7 Å². The van der Waals surface area contributed by atoms with Gasteiger partial charge in [-0.3, -0.25) is 19.8 Å². The third kappa shape index (κ3) is 6.72. The van der Waals surface area contributed by atoms with Crippen LogP contribution in [-0.2, 0) is 38.8 Å². The Hall–Kier alpha value is -2.96. The summed E-state index contributed by atoms with van der Waals surface area (Å²) in [7, 11) is -3.98. The van der Waals surface area contributed by atoms with Crippen LogP contribution in [0.5, 0.6) is 0 Å². The normalized spacial score (nSPS) is 15.6. The molecule has 0 aliphatic heterocycles. The summed E-state index contributed by atoms with van der Waals surface area (Å²) in [5, 5.41) is 13.9. The molecule has 3 rings (SSSR count). The van der Waals surface area contributed by atoms with Crippen molar-refractivity contribution in [1.82, 2.24) is 15.0 Å². The number of amides is 1. The number of carbonyl (C=O) groups excluding carboxylic acids is 1. The number of nitrogens with one attached hydrogen (secondary N) is 2. The molecule has 0 radical (unpaired) electrons. The number of hydrogen-bond acceptors (Lipinski definition) is 7. The Morgan fingerprint density at radius 3 is 2.32 bits per heavy atom. The highest BCUT2D eigenvalue weighted by atomic mass is 32.2. The fourth-order valence-electron chi connectivity index (χ4n) is 3.68. The van der Waals surface area contributed by atoms with Crippen LogP contribution in [0.2, 0.25) is 0 Å². The molecule has 1 amide bonds. The molecule has 0 bridgehead atoms. The van der Waals surface area contributed by atoms with Crippen LogP contribution in [0.3, 0.4) is 0 Å². The number of pyridine rings is 1. The zero-order valence-electron chi connectivity index (χ0n) is 21.8. The fourth-order valence-corrected chi connectivity index (χ4v) is 4.48. The van der Waals surface area contributed by atoms with Gasteiger partial charge in [0.25, 0.3) is 5.91 Å². The molecular formula is C26H32F3N3O5S.